The van der Waals surface area contributed by atoms with Crippen molar-refractivity contribution in [1.82, 2.24) is 0 Å². The summed E-state index contributed by atoms with van der Waals surface area (Å²) < 4.78 is 175. The van der Waals surface area contributed by atoms with Crippen molar-refractivity contribution in [1.29, 1.82) is 0 Å². The van der Waals surface area contributed by atoms with E-state index in [1.165, 1.54) is 78.9 Å². The van der Waals surface area contributed by atoms with Gasteiger partial charge in [0.25, 0.3) is 0 Å². The van der Waals surface area contributed by atoms with E-state index in [4.69, 9.17) is 13.1 Å². The maximum absolute atomic E-state index is 14.5. The lowest BCUT2D eigenvalue weighted by molar-refractivity contribution is -0.152. The van der Waals surface area contributed by atoms with Gasteiger partial charge in [-0.1, -0.05) is 36.4 Å². The van der Waals surface area contributed by atoms with E-state index < -0.39 is 83.9 Å². The summed E-state index contributed by atoms with van der Waals surface area (Å²) in [5.41, 5.74) is -9.56. The highest BCUT2D eigenvalue weighted by molar-refractivity contribution is 8.33. The number of hydrogen-bond donors (Lipinski definition) is 0. The maximum atomic E-state index is 14.5. The molecule has 0 heterocycles. The van der Waals surface area contributed by atoms with Crippen LogP contribution in [0.1, 0.15) is 58.2 Å². The molecule has 0 amide bonds. The first-order valence-electron chi connectivity index (χ1n) is 15.0. The molecule has 16 heteroatoms. The lowest BCUT2D eigenvalue weighted by Crippen LogP contribution is -2.26. The first-order chi connectivity index (χ1) is 23.2. The molecule has 0 spiro atoms. The monoisotopic (exact) mass is 768 g/mol. The normalized spacial score (nSPS) is 13.9. The Kier molecular flexibility index (Phi) is 10.6. The van der Waals surface area contributed by atoms with Crippen LogP contribution in [-0.4, -0.2) is 19.6 Å². The highest BCUT2D eigenvalue weighted by Gasteiger charge is 2.51. The molecule has 0 saturated carbocycles. The smallest absolute Gasteiger partial charge is 0.417 e. The molecule has 0 unspecified atom stereocenters. The molecule has 4 aromatic carbocycles. The highest BCUT2D eigenvalue weighted by atomic mass is 32.3. The quantitative estimate of drug-likeness (QED) is 0.167. The molecule has 5 nitrogen and oxygen atoms in total. The predicted octanol–water partition coefficient (Wildman–Crippen LogP) is 11.7. The lowest BCUT2D eigenvalue weighted by atomic mass is 10.0. The van der Waals surface area contributed by atoms with E-state index in [1.54, 1.807) is 41.5 Å². The number of ether oxygens (including phenoxy) is 2. The van der Waals surface area contributed by atoms with Crippen molar-refractivity contribution in [3.05, 3.63) is 108 Å². The van der Waals surface area contributed by atoms with Crippen molar-refractivity contribution in [3.8, 4) is 11.5 Å². The van der Waals surface area contributed by atoms with Crippen LogP contribution in [0.2, 0.25) is 0 Å². The predicted molar refractivity (Wildman–Crippen MR) is 172 cm³/mol. The van der Waals surface area contributed by atoms with Crippen LogP contribution in [0.3, 0.4) is 0 Å². The summed E-state index contributed by atoms with van der Waals surface area (Å²) in [6.45, 7) is 10.1. The van der Waals surface area contributed by atoms with Gasteiger partial charge in [0.2, 0.25) is 0 Å². The largest absolute Gasteiger partial charge is 0.488 e. The molecule has 278 valence electrons. The summed E-state index contributed by atoms with van der Waals surface area (Å²) >= 11 is 0. The fourth-order valence-electron chi connectivity index (χ4n) is 4.93. The first kappa shape index (κ1) is 39.9. The maximum Gasteiger partial charge on any atom is 0.417 e. The third-order valence-corrected chi connectivity index (χ3v) is 12.0. The summed E-state index contributed by atoms with van der Waals surface area (Å²) in [4.78, 5) is -2.67. The number of hydrogen-bond acceptors (Lipinski definition) is 5. The van der Waals surface area contributed by atoms with Gasteiger partial charge >= 0.3 is 28.6 Å². The molecule has 0 bridgehead atoms. The molecule has 0 radical (unpaired) electrons. The minimum Gasteiger partial charge on any atom is -0.488 e. The summed E-state index contributed by atoms with van der Waals surface area (Å²) in [5.74, 6) is 0.117. The second kappa shape index (κ2) is 13.6. The van der Waals surface area contributed by atoms with Crippen molar-refractivity contribution in [2.45, 2.75) is 90.9 Å². The topological polar surface area (TPSA) is 61.8 Å². The van der Waals surface area contributed by atoms with E-state index in [2.05, 4.69) is 0 Å². The molecule has 0 aliphatic heterocycles. The molecule has 0 N–H and O–H groups in total. The van der Waals surface area contributed by atoms with Gasteiger partial charge in [0, 0.05) is 15.9 Å². The second-order valence-corrected chi connectivity index (χ2v) is 17.5. The highest BCUT2D eigenvalue weighted by Crippen LogP contribution is 2.73. The molecule has 0 aliphatic rings. The van der Waals surface area contributed by atoms with E-state index in [9.17, 15) is 47.9 Å². The summed E-state index contributed by atoms with van der Waals surface area (Å²) in [5, 5.41) is 0. The molecule has 4 aromatic rings. The van der Waals surface area contributed by atoms with Gasteiger partial charge < -0.3 is 9.47 Å². The van der Waals surface area contributed by atoms with Gasteiger partial charge in [-0.2, -0.15) is 47.9 Å². The van der Waals surface area contributed by atoms with Crippen LogP contribution < -0.4 is 9.47 Å². The minimum absolute atomic E-state index is 0.0166. The molecule has 0 aliphatic carbocycles. The number of alkyl halides is 9. The van der Waals surface area contributed by atoms with Gasteiger partial charge in [-0.25, -0.2) is 3.63 Å². The van der Waals surface area contributed by atoms with Crippen molar-refractivity contribution in [2.75, 3.05) is 0 Å². The third-order valence-electron chi connectivity index (χ3n) is 6.68. The summed E-state index contributed by atoms with van der Waals surface area (Å²) in [6, 6.07) is 17.0. The van der Waals surface area contributed by atoms with Crippen LogP contribution in [0.5, 0.6) is 11.5 Å². The molecule has 0 atom stereocenters. The van der Waals surface area contributed by atoms with Crippen LogP contribution >= 0.6 is 10.3 Å². The molecular formula is C35H33F9O5S2. The Bertz CT molecular complexity index is 1890. The van der Waals surface area contributed by atoms with E-state index in [1.807, 2.05) is 0 Å². The molecule has 0 aromatic heterocycles. The fourth-order valence-corrected chi connectivity index (χ4v) is 10.6. The van der Waals surface area contributed by atoms with Crippen LogP contribution in [-0.2, 0) is 32.3 Å². The van der Waals surface area contributed by atoms with Gasteiger partial charge in [0.05, 0.1) is 21.6 Å². The zero-order chi connectivity index (χ0) is 38.4. The average molecular weight is 769 g/mol. The van der Waals surface area contributed by atoms with Crippen molar-refractivity contribution >= 4 is 20.4 Å². The van der Waals surface area contributed by atoms with E-state index in [0.717, 1.165) is 0 Å². The minimum atomic E-state index is -6.31. The van der Waals surface area contributed by atoms with Crippen LogP contribution in [0, 0.1) is 0 Å². The fraction of sp³-hybridized carbons (Fsp3) is 0.314. The van der Waals surface area contributed by atoms with E-state index in [-0.39, 0.29) is 26.2 Å². The Morgan fingerprint density at radius 3 is 1.33 bits per heavy atom. The average Bonchev–Trinajstić information content (AvgIpc) is 2.97. The Balaban J connectivity index is 2.22. The van der Waals surface area contributed by atoms with Crippen LogP contribution in [0.25, 0.3) is 0 Å². The third kappa shape index (κ3) is 9.13. The molecular weight excluding hydrogens is 735 g/mol. The van der Waals surface area contributed by atoms with Gasteiger partial charge in [-0.3, -0.25) is 0 Å². The Hall–Kier alpha value is -3.89. The SMILES string of the molecule is CC(C)(C)Oc1ccc(S(OS(=O)(=O)c2c(C(F)(F)F)cc(C(F)(F)F)cc2C(F)(F)F)(c2ccccc2)c2ccccc2)c(OC(C)(C)C)c1. The number of benzene rings is 4. The first-order valence-corrected chi connectivity index (χ1v) is 17.9. The summed E-state index contributed by atoms with van der Waals surface area (Å²) in [7, 11) is -10.3. The van der Waals surface area contributed by atoms with Gasteiger partial charge in [0.1, 0.15) is 27.6 Å². The van der Waals surface area contributed by atoms with Crippen LogP contribution in [0.4, 0.5) is 39.5 Å². The number of halogens is 9. The van der Waals surface area contributed by atoms with Gasteiger partial charge in [-0.05, 0) is 100 Å². The Morgan fingerprint density at radius 2 is 0.961 bits per heavy atom. The van der Waals surface area contributed by atoms with Gasteiger partial charge in [0.15, 0.2) is 0 Å². The Morgan fingerprint density at radius 1 is 0.529 bits per heavy atom. The van der Waals surface area contributed by atoms with Crippen molar-refractivity contribution in [2.24, 2.45) is 0 Å². The van der Waals surface area contributed by atoms with E-state index in [0.29, 0.717) is 0 Å². The molecule has 0 fully saturated rings. The number of rotatable bonds is 8. The summed E-state index contributed by atoms with van der Waals surface area (Å²) in [6.07, 6.45) is -17.7. The zero-order valence-corrected chi connectivity index (χ0v) is 29.6. The Labute approximate surface area is 291 Å². The zero-order valence-electron chi connectivity index (χ0n) is 27.9. The van der Waals surface area contributed by atoms with E-state index >= 15 is 0 Å². The molecule has 0 saturated heterocycles. The molecule has 4 rings (SSSR count). The second-order valence-electron chi connectivity index (χ2n) is 13.1. The van der Waals surface area contributed by atoms with Gasteiger partial charge in [-0.15, -0.1) is 0 Å². The standard InChI is InChI=1S/C35H33F9O5S2/c1-31(2,3)47-23-17-18-29(28(21-23)48-32(4,5)6)50(24-13-9-7-10-14-24,25-15-11-8-12-16-25)49-51(45,46)30-26(34(39,40)41)19-22(33(36,37)38)20-27(30)35(42,43)44/h7-21H,1-6H3. The van der Waals surface area contributed by atoms with Crippen molar-refractivity contribution in [3.63, 3.8) is 0 Å². The molecule has 51 heavy (non-hydrogen) atoms. The lowest BCUT2D eigenvalue weighted by Gasteiger charge is -2.41. The van der Waals surface area contributed by atoms with Crippen LogP contribution in [0.15, 0.2) is 111 Å². The van der Waals surface area contributed by atoms with Crippen molar-refractivity contribution < 1.29 is 61.0 Å².